The number of anilines is 1. The Morgan fingerprint density at radius 1 is 1.10 bits per heavy atom. The maximum Gasteiger partial charge on any atom is 0.329 e. The van der Waals surface area contributed by atoms with Gasteiger partial charge in [-0.3, -0.25) is 19.7 Å². The van der Waals surface area contributed by atoms with Crippen molar-refractivity contribution in [2.75, 3.05) is 19.1 Å². The summed E-state index contributed by atoms with van der Waals surface area (Å²) in [5.41, 5.74) is 0.288. The lowest BCUT2D eigenvalue weighted by molar-refractivity contribution is -0.384. The van der Waals surface area contributed by atoms with Gasteiger partial charge in [-0.2, -0.15) is 5.26 Å². The Morgan fingerprint density at radius 2 is 1.82 bits per heavy atom. The Bertz CT molecular complexity index is 1560. The van der Waals surface area contributed by atoms with Crippen LogP contribution in [0.25, 0.3) is 6.08 Å². The van der Waals surface area contributed by atoms with Crippen molar-refractivity contribution >= 4 is 45.1 Å². The molecule has 2 heterocycles. The molecule has 0 saturated carbocycles. The van der Waals surface area contributed by atoms with Crippen molar-refractivity contribution in [3.05, 3.63) is 104 Å². The van der Waals surface area contributed by atoms with E-state index in [1.807, 2.05) is 35.2 Å². The van der Waals surface area contributed by atoms with Gasteiger partial charge >= 0.3 is 5.97 Å². The molecule has 5 rings (SSSR count). The van der Waals surface area contributed by atoms with E-state index in [0.29, 0.717) is 27.0 Å². The second-order valence-corrected chi connectivity index (χ2v) is 10.1. The average Bonchev–Trinajstić information content (AvgIpc) is 3.28. The molecule has 4 atom stereocenters. The van der Waals surface area contributed by atoms with Crippen LogP contribution in [0.15, 0.2) is 77.3 Å². The molecule has 0 spiro atoms. The summed E-state index contributed by atoms with van der Waals surface area (Å²) in [6.07, 6.45) is 3.58. The van der Waals surface area contributed by atoms with Crippen molar-refractivity contribution in [1.82, 2.24) is 0 Å². The number of non-ortho nitro benzene ring substituents is 1. The minimum Gasteiger partial charge on any atom is -0.496 e. The molecule has 39 heavy (non-hydrogen) atoms. The first kappa shape index (κ1) is 26.1. The van der Waals surface area contributed by atoms with Crippen LogP contribution in [0.5, 0.6) is 5.75 Å². The summed E-state index contributed by atoms with van der Waals surface area (Å²) < 4.78 is 11.1. The van der Waals surface area contributed by atoms with Crippen LogP contribution in [-0.2, 0) is 9.53 Å². The molecule has 3 aromatic carbocycles. The number of hydrogen-bond acceptors (Lipinski definition) is 8. The molecule has 0 radical (unpaired) electrons. The number of ketones is 1. The second-order valence-electron chi connectivity index (χ2n) is 9.23. The van der Waals surface area contributed by atoms with Gasteiger partial charge in [-0.1, -0.05) is 42.5 Å². The van der Waals surface area contributed by atoms with Gasteiger partial charge in [0.25, 0.3) is 5.69 Å². The number of hydrogen-bond donors (Lipinski definition) is 0. The fraction of sp³-hybridized carbons (Fsp3) is 0.207. The molecule has 196 valence electrons. The molecule has 0 unspecified atom stereocenters. The number of rotatable bonds is 6. The van der Waals surface area contributed by atoms with Crippen LogP contribution in [-0.4, -0.2) is 43.0 Å². The zero-order chi connectivity index (χ0) is 27.9. The number of carbonyl (C=O) groups is 2. The van der Waals surface area contributed by atoms with E-state index in [4.69, 9.17) is 9.47 Å². The summed E-state index contributed by atoms with van der Waals surface area (Å²) in [6, 6.07) is 18.3. The van der Waals surface area contributed by atoms with E-state index >= 15 is 0 Å². The predicted octanol–water partition coefficient (Wildman–Crippen LogP) is 5.30. The highest BCUT2D eigenvalue weighted by Crippen LogP contribution is 2.56. The summed E-state index contributed by atoms with van der Waals surface area (Å²) in [5, 5.41) is 22.1. The highest BCUT2D eigenvalue weighted by Gasteiger charge is 2.67. The Kier molecular flexibility index (Phi) is 6.70. The number of nitrogens with zero attached hydrogens (tertiary/aromatic N) is 3. The first-order valence-corrected chi connectivity index (χ1v) is 12.7. The molecule has 0 aromatic heterocycles. The van der Waals surface area contributed by atoms with Crippen molar-refractivity contribution in [3.63, 3.8) is 0 Å². The lowest BCUT2D eigenvalue weighted by Gasteiger charge is -2.36. The molecule has 2 aliphatic rings. The van der Waals surface area contributed by atoms with E-state index in [1.165, 1.54) is 38.5 Å². The van der Waals surface area contributed by atoms with Crippen LogP contribution in [0.1, 0.15) is 27.4 Å². The van der Waals surface area contributed by atoms with E-state index in [-0.39, 0.29) is 11.5 Å². The minimum absolute atomic E-state index is 0.151. The number of methoxy groups -OCH3 is 2. The number of carbonyl (C=O) groups excluding carboxylic acids is 2. The lowest BCUT2D eigenvalue weighted by Crippen LogP contribution is -2.46. The molecule has 1 saturated heterocycles. The molecule has 0 aliphatic carbocycles. The largest absolute Gasteiger partial charge is 0.496 e. The summed E-state index contributed by atoms with van der Waals surface area (Å²) in [6.45, 7) is 0. The summed E-state index contributed by atoms with van der Waals surface area (Å²) in [7, 11) is 2.72. The van der Waals surface area contributed by atoms with Gasteiger partial charge in [0.1, 0.15) is 11.8 Å². The fourth-order valence-electron chi connectivity index (χ4n) is 5.70. The van der Waals surface area contributed by atoms with Gasteiger partial charge in [-0.05, 0) is 51.3 Å². The lowest BCUT2D eigenvalue weighted by atomic mass is 9.68. The quantitative estimate of drug-likeness (QED) is 0.165. The number of ether oxygens (including phenoxy) is 2. The molecule has 0 amide bonds. The maximum absolute atomic E-state index is 14.4. The molecular weight excluding hydrogens is 566 g/mol. The van der Waals surface area contributed by atoms with Gasteiger partial charge in [0.05, 0.1) is 35.7 Å². The van der Waals surface area contributed by atoms with Crippen LogP contribution in [0.3, 0.4) is 0 Å². The number of nitriles is 1. The first-order valence-electron chi connectivity index (χ1n) is 12.0. The molecule has 2 aliphatic heterocycles. The third-order valence-corrected chi connectivity index (χ3v) is 8.04. The van der Waals surface area contributed by atoms with Gasteiger partial charge < -0.3 is 14.4 Å². The standard InChI is InChI=1S/C29H22BrN3O6/c1-38-23-13-9-19(15-21(23)30)27(34)26-25(18-7-11-20(12-8-18)33(36)37)29(16-31,28(35)39-2)24-14-10-17-5-3-4-6-22(17)32(24)26/h3-15,24-26H,1-2H3/t24-,25-,26+,29+/m0/s1. The average molecular weight is 588 g/mol. The summed E-state index contributed by atoms with van der Waals surface area (Å²) in [5.74, 6) is -1.61. The monoisotopic (exact) mass is 587 g/mol. The van der Waals surface area contributed by atoms with Crippen LogP contribution in [0, 0.1) is 26.9 Å². The van der Waals surface area contributed by atoms with Crippen LogP contribution in [0.4, 0.5) is 11.4 Å². The Balaban J connectivity index is 1.79. The molecule has 1 fully saturated rings. The summed E-state index contributed by atoms with van der Waals surface area (Å²) >= 11 is 3.44. The Labute approximate surface area is 232 Å². The van der Waals surface area contributed by atoms with E-state index in [2.05, 4.69) is 22.0 Å². The predicted molar refractivity (Wildman–Crippen MR) is 146 cm³/mol. The number of esters is 1. The number of benzene rings is 3. The highest BCUT2D eigenvalue weighted by molar-refractivity contribution is 9.10. The smallest absolute Gasteiger partial charge is 0.329 e. The molecule has 0 bridgehead atoms. The zero-order valence-corrected chi connectivity index (χ0v) is 22.5. The second kappa shape index (κ2) is 10.0. The number of nitro benzene ring substituents is 1. The van der Waals surface area contributed by atoms with E-state index in [9.17, 15) is 25.0 Å². The first-order chi connectivity index (χ1) is 18.8. The van der Waals surface area contributed by atoms with Gasteiger partial charge in [0.15, 0.2) is 11.2 Å². The number of fused-ring (bicyclic) bond motifs is 3. The van der Waals surface area contributed by atoms with Gasteiger partial charge in [-0.15, -0.1) is 0 Å². The number of nitro groups is 1. The topological polar surface area (TPSA) is 123 Å². The summed E-state index contributed by atoms with van der Waals surface area (Å²) in [4.78, 5) is 40.7. The number of halogens is 1. The van der Waals surface area contributed by atoms with Crippen molar-refractivity contribution < 1.29 is 24.0 Å². The third kappa shape index (κ3) is 3.97. The molecule has 0 N–H and O–H groups in total. The van der Waals surface area contributed by atoms with E-state index in [1.54, 1.807) is 24.3 Å². The zero-order valence-electron chi connectivity index (χ0n) is 20.9. The van der Waals surface area contributed by atoms with Gasteiger partial charge in [-0.25, -0.2) is 0 Å². The van der Waals surface area contributed by atoms with Gasteiger partial charge in [0.2, 0.25) is 0 Å². The Morgan fingerprint density at radius 3 is 2.44 bits per heavy atom. The SMILES string of the molecule is COC(=O)[C@]1(C#N)[C@@H]2C=Cc3ccccc3N2[C@@H](C(=O)c2ccc(OC)c(Br)c2)[C@@H]1c1ccc([N+](=O)[O-])cc1. The number of para-hydroxylation sites is 1. The van der Waals surface area contributed by atoms with Crippen molar-refractivity contribution in [2.45, 2.75) is 18.0 Å². The van der Waals surface area contributed by atoms with E-state index < -0.39 is 34.3 Å². The fourth-order valence-corrected chi connectivity index (χ4v) is 6.24. The normalized spacial score (nSPS) is 22.8. The highest BCUT2D eigenvalue weighted by atomic mass is 79.9. The van der Waals surface area contributed by atoms with Gasteiger partial charge in [0, 0.05) is 29.3 Å². The molecule has 3 aromatic rings. The van der Waals surface area contributed by atoms with Crippen LogP contribution < -0.4 is 9.64 Å². The molecule has 9 nitrogen and oxygen atoms in total. The van der Waals surface area contributed by atoms with Crippen molar-refractivity contribution in [2.24, 2.45) is 5.41 Å². The van der Waals surface area contributed by atoms with Crippen molar-refractivity contribution in [1.29, 1.82) is 5.26 Å². The number of Topliss-reactive ketones (excluding diaryl/α,β-unsaturated/α-hetero) is 1. The molecular formula is C29H22BrN3O6. The minimum atomic E-state index is -1.83. The Hall–Kier alpha value is -4.49. The molecule has 10 heteroatoms. The van der Waals surface area contributed by atoms with Crippen LogP contribution >= 0.6 is 15.9 Å². The van der Waals surface area contributed by atoms with E-state index in [0.717, 1.165) is 5.56 Å². The third-order valence-electron chi connectivity index (χ3n) is 7.42. The van der Waals surface area contributed by atoms with Crippen LogP contribution in [0.2, 0.25) is 0 Å². The maximum atomic E-state index is 14.4. The van der Waals surface area contributed by atoms with Crippen molar-refractivity contribution in [3.8, 4) is 11.8 Å².